The highest BCUT2D eigenvalue weighted by Crippen LogP contribution is 2.44. The number of hydrogen-bond acceptors (Lipinski definition) is 11. The van der Waals surface area contributed by atoms with Gasteiger partial charge < -0.3 is 29.9 Å². The van der Waals surface area contributed by atoms with Crippen molar-refractivity contribution in [3.05, 3.63) is 53.4 Å². The molecule has 12 nitrogen and oxygen atoms in total. The summed E-state index contributed by atoms with van der Waals surface area (Å²) in [6.07, 6.45) is 2.80. The topological polar surface area (TPSA) is 124 Å². The minimum Gasteiger partial charge on any atom is -0.494 e. The van der Waals surface area contributed by atoms with E-state index in [0.29, 0.717) is 41.5 Å². The Hall–Kier alpha value is -3.99. The average molecular weight is 705 g/mol. The fourth-order valence-electron chi connectivity index (χ4n) is 6.13. The Balaban J connectivity index is 1.26. The molecule has 17 heteroatoms. The van der Waals surface area contributed by atoms with Crippen molar-refractivity contribution >= 4 is 68.1 Å². The summed E-state index contributed by atoms with van der Waals surface area (Å²) >= 11 is 6.43. The van der Waals surface area contributed by atoms with Crippen molar-refractivity contribution < 1.29 is 22.1 Å². The van der Waals surface area contributed by atoms with Crippen LogP contribution < -0.4 is 25.0 Å². The summed E-state index contributed by atoms with van der Waals surface area (Å²) in [6, 6.07) is 6.24. The van der Waals surface area contributed by atoms with Crippen LogP contribution in [0.15, 0.2) is 42.9 Å². The minimum absolute atomic E-state index is 0.0248. The Labute approximate surface area is 283 Å². The second-order valence-corrected chi connectivity index (χ2v) is 13.3. The number of nitrogens with one attached hydrogen (secondary N) is 3. The molecule has 256 valence electrons. The van der Waals surface area contributed by atoms with Crippen molar-refractivity contribution in [2.75, 3.05) is 79.9 Å². The minimum atomic E-state index is -4.62. The number of methoxy groups -OCH3 is 1. The van der Waals surface area contributed by atoms with Crippen LogP contribution in [-0.2, 0) is 17.2 Å². The third-order valence-corrected chi connectivity index (χ3v) is 9.38. The molecule has 1 unspecified atom stereocenters. The summed E-state index contributed by atoms with van der Waals surface area (Å²) in [7, 11) is 2.06. The number of aromatic nitrogens is 4. The lowest BCUT2D eigenvalue weighted by Gasteiger charge is -2.43. The summed E-state index contributed by atoms with van der Waals surface area (Å²) < 4.78 is 64.2. The average Bonchev–Trinajstić information content (AvgIpc) is 3.07. The molecule has 0 saturated carbocycles. The molecule has 2 fully saturated rings. The molecule has 6 rings (SSSR count). The summed E-state index contributed by atoms with van der Waals surface area (Å²) in [5.41, 5.74) is 1.23. The van der Waals surface area contributed by atoms with Gasteiger partial charge in [-0.15, -0.1) is 0 Å². The number of piperidine rings is 1. The van der Waals surface area contributed by atoms with Gasteiger partial charge in [-0.05, 0) is 38.1 Å². The first-order valence-electron chi connectivity index (χ1n) is 15.4. The van der Waals surface area contributed by atoms with Crippen molar-refractivity contribution in [1.29, 1.82) is 0 Å². The maximum Gasteiger partial charge on any atom is 0.418 e. The summed E-state index contributed by atoms with van der Waals surface area (Å²) in [6.45, 7) is 4.96. The highest BCUT2D eigenvalue weighted by atomic mass is 35.5. The van der Waals surface area contributed by atoms with Crippen molar-refractivity contribution in [3.63, 3.8) is 0 Å². The molecule has 2 aliphatic rings. The lowest BCUT2D eigenvalue weighted by atomic mass is 10.00. The van der Waals surface area contributed by atoms with Crippen LogP contribution >= 0.6 is 11.6 Å². The maximum atomic E-state index is 14.6. The van der Waals surface area contributed by atoms with Gasteiger partial charge >= 0.3 is 6.18 Å². The molecule has 0 spiro atoms. The number of nitrogens with zero attached hydrogens (tertiary/aromatic N) is 7. The normalized spacial score (nSPS) is 17.4. The van der Waals surface area contributed by atoms with Gasteiger partial charge in [-0.2, -0.15) is 18.2 Å². The molecule has 2 aliphatic heterocycles. The number of hydrogen-bond donors (Lipinski definition) is 3. The number of ether oxygens (including phenoxy) is 1. The van der Waals surface area contributed by atoms with E-state index in [1.807, 2.05) is 0 Å². The van der Waals surface area contributed by atoms with E-state index in [-0.39, 0.29) is 33.9 Å². The number of piperazine rings is 1. The van der Waals surface area contributed by atoms with Crippen LogP contribution in [0.25, 0.3) is 11.0 Å². The number of rotatable bonds is 9. The van der Waals surface area contributed by atoms with Gasteiger partial charge in [-0.25, -0.2) is 9.19 Å². The number of likely N-dealkylation sites (N-methyl/N-ethyl adjacent to an activating group) is 1. The Kier molecular flexibility index (Phi) is 10.1. The molecule has 4 heterocycles. The predicted octanol–water partition coefficient (Wildman–Crippen LogP) is 5.51. The van der Waals surface area contributed by atoms with E-state index in [4.69, 9.17) is 16.3 Å². The van der Waals surface area contributed by atoms with E-state index in [2.05, 4.69) is 52.1 Å². The maximum absolute atomic E-state index is 14.6. The van der Waals surface area contributed by atoms with Crippen molar-refractivity contribution in [2.45, 2.75) is 25.1 Å². The van der Waals surface area contributed by atoms with Crippen LogP contribution in [0.3, 0.4) is 0 Å². The van der Waals surface area contributed by atoms with Crippen molar-refractivity contribution in [1.82, 2.24) is 29.7 Å². The molecule has 1 atom stereocenters. The van der Waals surface area contributed by atoms with Crippen LogP contribution in [0.2, 0.25) is 5.02 Å². The fraction of sp³-hybridized carbons (Fsp3) is 0.419. The number of halogens is 4. The second-order valence-electron chi connectivity index (χ2n) is 11.7. The zero-order valence-electron chi connectivity index (χ0n) is 26.6. The lowest BCUT2D eigenvalue weighted by Crippen LogP contribution is -2.52. The predicted molar refractivity (Wildman–Crippen MR) is 183 cm³/mol. The van der Waals surface area contributed by atoms with Gasteiger partial charge in [0.1, 0.15) is 27.3 Å². The molecular formula is C31H36ClF3N10O2S. The Morgan fingerprint density at radius 2 is 1.71 bits per heavy atom. The molecular weight excluding hydrogens is 669 g/mol. The van der Waals surface area contributed by atoms with Gasteiger partial charge in [0.25, 0.3) is 0 Å². The van der Waals surface area contributed by atoms with E-state index in [9.17, 15) is 17.4 Å². The molecule has 0 aliphatic carbocycles. The molecule has 0 radical (unpaired) electrons. The van der Waals surface area contributed by atoms with Gasteiger partial charge in [-0.1, -0.05) is 11.6 Å². The van der Waals surface area contributed by atoms with E-state index in [0.717, 1.165) is 45.1 Å². The van der Waals surface area contributed by atoms with Crippen LogP contribution in [0.1, 0.15) is 18.4 Å². The quantitative estimate of drug-likeness (QED) is 0.204. The first-order valence-corrected chi connectivity index (χ1v) is 17.3. The van der Waals surface area contributed by atoms with Gasteiger partial charge in [0.05, 0.1) is 47.1 Å². The summed E-state index contributed by atoms with van der Waals surface area (Å²) in [5, 5.41) is 6.13. The Bertz CT molecular complexity index is 1800. The highest BCUT2D eigenvalue weighted by Gasteiger charge is 2.38. The van der Waals surface area contributed by atoms with Crippen molar-refractivity contribution in [2.24, 2.45) is 0 Å². The third kappa shape index (κ3) is 7.51. The molecule has 2 saturated heterocycles. The fourth-order valence-corrected chi connectivity index (χ4v) is 6.77. The van der Waals surface area contributed by atoms with E-state index >= 15 is 0 Å². The summed E-state index contributed by atoms with van der Waals surface area (Å²) in [4.78, 5) is 23.8. The molecule has 2 aromatic carbocycles. The van der Waals surface area contributed by atoms with Crippen molar-refractivity contribution in [3.8, 4) is 5.75 Å². The molecule has 4 aromatic rings. The number of anilines is 6. The molecule has 2 aromatic heterocycles. The number of alkyl halides is 3. The second kappa shape index (κ2) is 14.2. The van der Waals surface area contributed by atoms with Gasteiger partial charge in [0.2, 0.25) is 5.95 Å². The van der Waals surface area contributed by atoms with Gasteiger partial charge in [-0.3, -0.25) is 14.9 Å². The van der Waals surface area contributed by atoms with Crippen LogP contribution in [0.4, 0.5) is 47.7 Å². The van der Waals surface area contributed by atoms with Crippen LogP contribution in [0.5, 0.6) is 5.75 Å². The van der Waals surface area contributed by atoms with Gasteiger partial charge in [0, 0.05) is 70.0 Å². The zero-order valence-corrected chi connectivity index (χ0v) is 28.2. The van der Waals surface area contributed by atoms with E-state index in [1.54, 1.807) is 23.2 Å². The zero-order chi connectivity index (χ0) is 34.0. The van der Waals surface area contributed by atoms with Gasteiger partial charge in [0.15, 0.2) is 5.82 Å². The standard InChI is InChI=1S/C31H36ClF3N10O2S/c1-43-12-14-44(15-13-43)19-6-10-45(11-7-19)25-17-26(47-2)24(16-20(25)31(33,34)35)40-30-38-18-21(32)29(41-30)39-23-5-4-22-27(37-9-8-36-22)28(23)42-48(3)46/h4-5,8-9,16-19,42H,6-7,10-15H2,1-3H3,(H2,38,39,40,41). The van der Waals surface area contributed by atoms with Crippen LogP contribution in [0, 0.1) is 0 Å². The Morgan fingerprint density at radius 1 is 0.979 bits per heavy atom. The molecule has 48 heavy (non-hydrogen) atoms. The summed E-state index contributed by atoms with van der Waals surface area (Å²) in [5.74, 6) is 0.331. The third-order valence-electron chi connectivity index (χ3n) is 8.61. The highest BCUT2D eigenvalue weighted by molar-refractivity contribution is 7.85. The first-order chi connectivity index (χ1) is 23.0. The Morgan fingerprint density at radius 3 is 2.40 bits per heavy atom. The van der Waals surface area contributed by atoms with Crippen LogP contribution in [-0.4, -0.2) is 99.7 Å². The number of benzene rings is 2. The smallest absolute Gasteiger partial charge is 0.418 e. The van der Waals surface area contributed by atoms with E-state index in [1.165, 1.54) is 31.8 Å². The largest absolute Gasteiger partial charge is 0.494 e. The van der Waals surface area contributed by atoms with E-state index < -0.39 is 22.7 Å². The molecule has 0 bridgehead atoms. The first kappa shape index (κ1) is 33.9. The monoisotopic (exact) mass is 704 g/mol. The lowest BCUT2D eigenvalue weighted by molar-refractivity contribution is -0.137. The molecule has 3 N–H and O–H groups in total. The SMILES string of the molecule is COc1cc(N2CCC(N3CCN(C)CC3)CC2)c(C(F)(F)F)cc1Nc1ncc(Cl)c(Nc2ccc3nccnc3c2NS(C)=O)n1. The number of fused-ring (bicyclic) bond motifs is 1. The molecule has 0 amide bonds.